The molecule has 3 aromatic rings. The van der Waals surface area contributed by atoms with Crippen molar-refractivity contribution in [2.45, 2.75) is 20.0 Å². The largest absolute Gasteiger partial charge is 0.504 e. The first-order chi connectivity index (χ1) is 12.9. The molecule has 0 saturated carbocycles. The number of aryl methyl sites for hydroxylation is 1. The second kappa shape index (κ2) is 7.72. The molecule has 0 fully saturated rings. The zero-order valence-electron chi connectivity index (χ0n) is 14.7. The summed E-state index contributed by atoms with van der Waals surface area (Å²) in [6.45, 7) is 1.76. The van der Waals surface area contributed by atoms with Crippen LogP contribution in [0, 0.1) is 0 Å². The molecule has 140 valence electrons. The Morgan fingerprint density at radius 1 is 1.22 bits per heavy atom. The van der Waals surface area contributed by atoms with Crippen molar-refractivity contribution in [2.75, 3.05) is 7.11 Å². The van der Waals surface area contributed by atoms with Crippen LogP contribution in [0.15, 0.2) is 45.6 Å². The third-order valence-corrected chi connectivity index (χ3v) is 4.53. The summed E-state index contributed by atoms with van der Waals surface area (Å²) in [6.07, 6.45) is 0.687. The highest BCUT2D eigenvalue weighted by atomic mass is 35.5. The van der Waals surface area contributed by atoms with Crippen LogP contribution in [-0.4, -0.2) is 18.2 Å². The number of esters is 1. The van der Waals surface area contributed by atoms with Gasteiger partial charge in [-0.15, -0.1) is 0 Å². The molecule has 1 aromatic heterocycles. The first-order valence-corrected chi connectivity index (χ1v) is 8.60. The fourth-order valence-corrected chi connectivity index (χ4v) is 3.05. The molecule has 1 heterocycles. The fourth-order valence-electron chi connectivity index (χ4n) is 2.75. The average molecular weight is 389 g/mol. The van der Waals surface area contributed by atoms with Gasteiger partial charge in [0, 0.05) is 22.0 Å². The van der Waals surface area contributed by atoms with Crippen molar-refractivity contribution in [1.29, 1.82) is 0 Å². The number of halogens is 1. The van der Waals surface area contributed by atoms with E-state index in [1.54, 1.807) is 18.2 Å². The summed E-state index contributed by atoms with van der Waals surface area (Å²) in [5.74, 6) is -0.892. The first kappa shape index (κ1) is 18.8. The van der Waals surface area contributed by atoms with Crippen molar-refractivity contribution < 1.29 is 23.8 Å². The van der Waals surface area contributed by atoms with Crippen LogP contribution in [-0.2, 0) is 17.8 Å². The summed E-state index contributed by atoms with van der Waals surface area (Å²) in [6, 6.07) is 9.15. The predicted molar refractivity (Wildman–Crippen MR) is 101 cm³/mol. The van der Waals surface area contributed by atoms with Crippen LogP contribution in [0.4, 0.5) is 0 Å². The highest BCUT2D eigenvalue weighted by Gasteiger charge is 2.17. The van der Waals surface area contributed by atoms with E-state index in [0.29, 0.717) is 28.0 Å². The maximum atomic E-state index is 12.3. The Bertz CT molecular complexity index is 1070. The minimum Gasteiger partial charge on any atom is -0.504 e. The van der Waals surface area contributed by atoms with E-state index >= 15 is 0 Å². The Kier molecular flexibility index (Phi) is 5.37. The Morgan fingerprint density at radius 3 is 2.70 bits per heavy atom. The molecule has 1 N–H and O–H groups in total. The monoisotopic (exact) mass is 388 g/mol. The molecule has 0 atom stereocenters. The zero-order valence-corrected chi connectivity index (χ0v) is 15.5. The van der Waals surface area contributed by atoms with E-state index in [1.807, 2.05) is 6.92 Å². The van der Waals surface area contributed by atoms with Crippen LogP contribution in [0.5, 0.6) is 11.5 Å². The van der Waals surface area contributed by atoms with E-state index in [1.165, 1.54) is 25.3 Å². The highest BCUT2D eigenvalue weighted by molar-refractivity contribution is 6.32. The Balaban J connectivity index is 1.92. The van der Waals surface area contributed by atoms with Gasteiger partial charge in [-0.25, -0.2) is 9.59 Å². The Morgan fingerprint density at radius 2 is 2.00 bits per heavy atom. The van der Waals surface area contributed by atoms with Crippen molar-refractivity contribution in [1.82, 2.24) is 0 Å². The van der Waals surface area contributed by atoms with Crippen LogP contribution in [0.1, 0.15) is 28.4 Å². The molecule has 27 heavy (non-hydrogen) atoms. The van der Waals surface area contributed by atoms with Crippen molar-refractivity contribution in [3.63, 3.8) is 0 Å². The van der Waals surface area contributed by atoms with Crippen molar-refractivity contribution in [2.24, 2.45) is 0 Å². The van der Waals surface area contributed by atoms with E-state index in [9.17, 15) is 14.7 Å². The van der Waals surface area contributed by atoms with Gasteiger partial charge in [0.25, 0.3) is 0 Å². The lowest BCUT2D eigenvalue weighted by Crippen LogP contribution is -2.08. The molecular formula is C20H17ClO6. The number of phenols is 1. The first-order valence-electron chi connectivity index (χ1n) is 8.22. The van der Waals surface area contributed by atoms with Gasteiger partial charge in [0.05, 0.1) is 7.11 Å². The van der Waals surface area contributed by atoms with E-state index in [4.69, 9.17) is 25.5 Å². The molecule has 2 aromatic carbocycles. The standard InChI is InChI=1S/C20H17ClO6/c1-3-11-7-17-14(9-15(11)21)12(8-18(22)27-17)10-26-20(24)13-5-4-6-16(25-2)19(13)23/h4-9,23H,3,10H2,1-2H3. The number of rotatable bonds is 5. The third-order valence-electron chi connectivity index (χ3n) is 4.18. The number of methoxy groups -OCH3 is 1. The van der Waals surface area contributed by atoms with Gasteiger partial charge in [0.1, 0.15) is 17.8 Å². The lowest BCUT2D eigenvalue weighted by atomic mass is 10.1. The quantitative estimate of drug-likeness (QED) is 0.523. The maximum absolute atomic E-state index is 12.3. The second-order valence-corrected chi connectivity index (χ2v) is 6.22. The fraction of sp³-hybridized carbons (Fsp3) is 0.200. The van der Waals surface area contributed by atoms with Gasteiger partial charge in [0.15, 0.2) is 11.5 Å². The molecule has 0 unspecified atom stereocenters. The maximum Gasteiger partial charge on any atom is 0.342 e. The normalized spacial score (nSPS) is 10.8. The molecule has 7 heteroatoms. The molecule has 0 bridgehead atoms. The van der Waals surface area contributed by atoms with Gasteiger partial charge < -0.3 is 19.0 Å². The molecule has 0 spiro atoms. The SMILES string of the molecule is CCc1cc2oc(=O)cc(COC(=O)c3cccc(OC)c3O)c2cc1Cl. The van der Waals surface area contributed by atoms with Gasteiger partial charge in [0.2, 0.25) is 0 Å². The predicted octanol–water partition coefficient (Wildman–Crippen LogP) is 4.08. The average Bonchev–Trinajstić information content (AvgIpc) is 2.66. The molecular weight excluding hydrogens is 372 g/mol. The molecule has 0 radical (unpaired) electrons. The molecule has 0 amide bonds. The number of phenolic OH excluding ortho intramolecular Hbond substituents is 1. The number of hydrogen-bond donors (Lipinski definition) is 1. The van der Waals surface area contributed by atoms with Crippen LogP contribution in [0.25, 0.3) is 11.0 Å². The number of fused-ring (bicyclic) bond motifs is 1. The smallest absolute Gasteiger partial charge is 0.342 e. The van der Waals surface area contributed by atoms with Crippen molar-refractivity contribution in [3.8, 4) is 11.5 Å². The number of benzene rings is 2. The summed E-state index contributed by atoms with van der Waals surface area (Å²) < 4.78 is 15.5. The topological polar surface area (TPSA) is 86.0 Å². The minimum absolute atomic E-state index is 0.0343. The number of hydrogen-bond acceptors (Lipinski definition) is 6. The lowest BCUT2D eigenvalue weighted by molar-refractivity contribution is 0.0470. The summed E-state index contributed by atoms with van der Waals surface area (Å²) in [5.41, 5.74) is 1.10. The van der Waals surface area contributed by atoms with Gasteiger partial charge in [-0.3, -0.25) is 0 Å². The van der Waals surface area contributed by atoms with Crippen LogP contribution in [0.3, 0.4) is 0 Å². The Hall–Kier alpha value is -2.99. The molecule has 0 aliphatic rings. The van der Waals surface area contributed by atoms with E-state index in [2.05, 4.69) is 0 Å². The van der Waals surface area contributed by atoms with Crippen molar-refractivity contribution >= 4 is 28.5 Å². The van der Waals surface area contributed by atoms with E-state index < -0.39 is 11.6 Å². The van der Waals surface area contributed by atoms with Gasteiger partial charge in [-0.05, 0) is 36.2 Å². The number of ether oxygens (including phenoxy) is 2. The summed E-state index contributed by atoms with van der Waals surface area (Å²) in [7, 11) is 1.38. The number of aromatic hydroxyl groups is 1. The second-order valence-electron chi connectivity index (χ2n) is 5.82. The van der Waals surface area contributed by atoms with Gasteiger partial charge in [-0.2, -0.15) is 0 Å². The van der Waals surface area contributed by atoms with Crippen LogP contribution < -0.4 is 10.4 Å². The van der Waals surface area contributed by atoms with E-state index in [-0.39, 0.29) is 23.7 Å². The number of para-hydroxylation sites is 1. The molecule has 0 saturated heterocycles. The van der Waals surface area contributed by atoms with Crippen LogP contribution >= 0.6 is 11.6 Å². The van der Waals surface area contributed by atoms with Gasteiger partial charge >= 0.3 is 11.6 Å². The molecule has 0 aliphatic carbocycles. The molecule has 6 nitrogen and oxygen atoms in total. The van der Waals surface area contributed by atoms with Crippen molar-refractivity contribution in [3.05, 3.63) is 68.5 Å². The minimum atomic E-state index is -0.746. The molecule has 3 rings (SSSR count). The number of carbonyl (C=O) groups is 1. The lowest BCUT2D eigenvalue weighted by Gasteiger charge is -2.11. The summed E-state index contributed by atoms with van der Waals surface area (Å²) in [4.78, 5) is 24.2. The summed E-state index contributed by atoms with van der Waals surface area (Å²) >= 11 is 6.25. The molecule has 0 aliphatic heterocycles. The highest BCUT2D eigenvalue weighted by Crippen LogP contribution is 2.30. The third kappa shape index (κ3) is 3.75. The summed E-state index contributed by atoms with van der Waals surface area (Å²) in [5, 5.41) is 11.2. The Labute approximate surface area is 159 Å². The van der Waals surface area contributed by atoms with E-state index in [0.717, 1.165) is 5.56 Å². The van der Waals surface area contributed by atoms with Crippen LogP contribution in [0.2, 0.25) is 5.02 Å². The number of carbonyl (C=O) groups excluding carboxylic acids is 1. The van der Waals surface area contributed by atoms with Gasteiger partial charge in [-0.1, -0.05) is 24.6 Å². The zero-order chi connectivity index (χ0) is 19.6.